The second-order valence-electron chi connectivity index (χ2n) is 3.98. The Morgan fingerprint density at radius 3 is 1.36 bits per heavy atom. The first-order valence-corrected chi connectivity index (χ1v) is 4.44. The van der Waals surface area contributed by atoms with Crippen molar-refractivity contribution in [3.05, 3.63) is 0 Å². The second kappa shape index (κ2) is 3.11. The molecule has 1 saturated carbocycles. The average molecular weight is 156 g/mol. The maximum absolute atomic E-state index is 2.36. The van der Waals surface area contributed by atoms with Crippen LogP contribution in [0.5, 0.6) is 0 Å². The standard InChI is InChI=1S/C9H20N2/c1-10(2)9(11(3)4)7-5-6-8-9/h5-8H2,1-4H3. The van der Waals surface area contributed by atoms with Gasteiger partial charge < -0.3 is 0 Å². The van der Waals surface area contributed by atoms with Crippen molar-refractivity contribution < 1.29 is 0 Å². The molecule has 11 heavy (non-hydrogen) atoms. The number of hydrogen-bond acceptors (Lipinski definition) is 2. The van der Waals surface area contributed by atoms with Gasteiger partial charge in [-0.3, -0.25) is 9.80 Å². The highest BCUT2D eigenvalue weighted by atomic mass is 15.4. The molecule has 0 N–H and O–H groups in total. The van der Waals surface area contributed by atoms with Crippen molar-refractivity contribution in [2.75, 3.05) is 28.2 Å². The van der Waals surface area contributed by atoms with E-state index in [2.05, 4.69) is 38.0 Å². The minimum Gasteiger partial charge on any atom is -0.291 e. The van der Waals surface area contributed by atoms with E-state index in [0.29, 0.717) is 5.66 Å². The van der Waals surface area contributed by atoms with Crippen LogP contribution in [0.25, 0.3) is 0 Å². The second-order valence-corrected chi connectivity index (χ2v) is 3.98. The zero-order chi connectivity index (χ0) is 8.48. The molecule has 1 fully saturated rings. The molecule has 1 aliphatic carbocycles. The Balaban J connectivity index is 2.70. The summed E-state index contributed by atoms with van der Waals surface area (Å²) in [5.74, 6) is 0. The summed E-state index contributed by atoms with van der Waals surface area (Å²) in [6.07, 6.45) is 5.42. The molecule has 66 valence electrons. The molecule has 0 saturated heterocycles. The fourth-order valence-electron chi connectivity index (χ4n) is 2.24. The van der Waals surface area contributed by atoms with E-state index in [4.69, 9.17) is 0 Å². The Morgan fingerprint density at radius 2 is 1.18 bits per heavy atom. The smallest absolute Gasteiger partial charge is 0.0727 e. The third kappa shape index (κ3) is 1.42. The van der Waals surface area contributed by atoms with Crippen molar-refractivity contribution in [2.45, 2.75) is 31.3 Å². The number of rotatable bonds is 2. The summed E-state index contributed by atoms with van der Waals surface area (Å²) in [6.45, 7) is 0. The van der Waals surface area contributed by atoms with E-state index >= 15 is 0 Å². The molecule has 0 aliphatic heterocycles. The first-order chi connectivity index (χ1) is 5.09. The van der Waals surface area contributed by atoms with Gasteiger partial charge in [0, 0.05) is 0 Å². The first kappa shape index (κ1) is 9.01. The minimum absolute atomic E-state index is 0.361. The van der Waals surface area contributed by atoms with Gasteiger partial charge in [-0.1, -0.05) is 12.8 Å². The molecule has 0 aromatic heterocycles. The topological polar surface area (TPSA) is 6.48 Å². The Hall–Kier alpha value is -0.0800. The molecular formula is C9H20N2. The molecule has 0 atom stereocenters. The van der Waals surface area contributed by atoms with Crippen molar-refractivity contribution in [1.82, 2.24) is 9.80 Å². The maximum Gasteiger partial charge on any atom is 0.0727 e. The molecule has 0 amide bonds. The molecule has 2 nitrogen and oxygen atoms in total. The van der Waals surface area contributed by atoms with Crippen LogP contribution < -0.4 is 0 Å². The zero-order valence-electron chi connectivity index (χ0n) is 8.22. The maximum atomic E-state index is 2.36. The van der Waals surface area contributed by atoms with Crippen LogP contribution in [-0.2, 0) is 0 Å². The fraction of sp³-hybridized carbons (Fsp3) is 1.00. The lowest BCUT2D eigenvalue weighted by atomic mass is 10.1. The monoisotopic (exact) mass is 156 g/mol. The van der Waals surface area contributed by atoms with Crippen molar-refractivity contribution in [1.29, 1.82) is 0 Å². The van der Waals surface area contributed by atoms with E-state index in [1.165, 1.54) is 25.7 Å². The highest BCUT2D eigenvalue weighted by molar-refractivity contribution is 4.89. The van der Waals surface area contributed by atoms with Crippen molar-refractivity contribution in [3.8, 4) is 0 Å². The van der Waals surface area contributed by atoms with Crippen LogP contribution in [0.15, 0.2) is 0 Å². The van der Waals surface area contributed by atoms with Gasteiger partial charge in [0.15, 0.2) is 0 Å². The van der Waals surface area contributed by atoms with Crippen LogP contribution in [-0.4, -0.2) is 43.7 Å². The van der Waals surface area contributed by atoms with E-state index in [9.17, 15) is 0 Å². The van der Waals surface area contributed by atoms with Crippen molar-refractivity contribution in [2.24, 2.45) is 0 Å². The van der Waals surface area contributed by atoms with E-state index in [-0.39, 0.29) is 0 Å². The molecule has 1 aliphatic rings. The average Bonchev–Trinajstić information content (AvgIpc) is 2.34. The summed E-state index contributed by atoms with van der Waals surface area (Å²) in [7, 11) is 8.74. The van der Waals surface area contributed by atoms with Crippen LogP contribution >= 0.6 is 0 Å². The molecule has 1 rings (SSSR count). The number of hydrogen-bond donors (Lipinski definition) is 0. The van der Waals surface area contributed by atoms with Gasteiger partial charge in [-0.05, 0) is 41.0 Å². The van der Waals surface area contributed by atoms with Gasteiger partial charge >= 0.3 is 0 Å². The molecule has 0 aromatic rings. The molecule has 2 heteroatoms. The van der Waals surface area contributed by atoms with Gasteiger partial charge in [0.2, 0.25) is 0 Å². The van der Waals surface area contributed by atoms with E-state index in [1.807, 2.05) is 0 Å². The van der Waals surface area contributed by atoms with Gasteiger partial charge in [0.05, 0.1) is 5.66 Å². The lowest BCUT2D eigenvalue weighted by Crippen LogP contribution is -2.52. The SMILES string of the molecule is CN(C)C1(N(C)C)CCCC1. The Bertz CT molecular complexity index is 114. The molecule has 0 unspecified atom stereocenters. The lowest BCUT2D eigenvalue weighted by molar-refractivity contribution is 0.0102. The highest BCUT2D eigenvalue weighted by Gasteiger charge is 2.37. The fourth-order valence-corrected chi connectivity index (χ4v) is 2.24. The molecule has 0 aromatic carbocycles. The molecule has 0 radical (unpaired) electrons. The third-order valence-corrected chi connectivity index (χ3v) is 3.07. The summed E-state index contributed by atoms with van der Waals surface area (Å²) in [4.78, 5) is 4.72. The van der Waals surface area contributed by atoms with Gasteiger partial charge in [-0.25, -0.2) is 0 Å². The van der Waals surface area contributed by atoms with Crippen LogP contribution in [0.2, 0.25) is 0 Å². The highest BCUT2D eigenvalue weighted by Crippen LogP contribution is 2.34. The zero-order valence-corrected chi connectivity index (χ0v) is 8.22. The van der Waals surface area contributed by atoms with Gasteiger partial charge in [0.1, 0.15) is 0 Å². The quantitative estimate of drug-likeness (QED) is 0.557. The van der Waals surface area contributed by atoms with E-state index in [0.717, 1.165) is 0 Å². The van der Waals surface area contributed by atoms with E-state index in [1.54, 1.807) is 0 Å². The molecule has 0 heterocycles. The predicted molar refractivity (Wildman–Crippen MR) is 48.6 cm³/mol. The van der Waals surface area contributed by atoms with Crippen LogP contribution in [0, 0.1) is 0 Å². The molecule has 0 bridgehead atoms. The molecule has 0 spiro atoms. The van der Waals surface area contributed by atoms with Crippen molar-refractivity contribution in [3.63, 3.8) is 0 Å². The largest absolute Gasteiger partial charge is 0.291 e. The normalized spacial score (nSPS) is 23.5. The van der Waals surface area contributed by atoms with Gasteiger partial charge in [0.25, 0.3) is 0 Å². The molecular weight excluding hydrogens is 136 g/mol. The van der Waals surface area contributed by atoms with Gasteiger partial charge in [-0.15, -0.1) is 0 Å². The number of nitrogens with zero attached hydrogens (tertiary/aromatic N) is 2. The van der Waals surface area contributed by atoms with Crippen LogP contribution in [0.4, 0.5) is 0 Å². The Kier molecular flexibility index (Phi) is 2.55. The van der Waals surface area contributed by atoms with Crippen molar-refractivity contribution >= 4 is 0 Å². The lowest BCUT2D eigenvalue weighted by Gasteiger charge is -2.42. The first-order valence-electron chi connectivity index (χ1n) is 4.44. The predicted octanol–water partition coefficient (Wildman–Crippen LogP) is 1.38. The van der Waals surface area contributed by atoms with Gasteiger partial charge in [-0.2, -0.15) is 0 Å². The summed E-state index contributed by atoms with van der Waals surface area (Å²) >= 11 is 0. The summed E-state index contributed by atoms with van der Waals surface area (Å²) < 4.78 is 0. The van der Waals surface area contributed by atoms with Crippen LogP contribution in [0.3, 0.4) is 0 Å². The Morgan fingerprint density at radius 1 is 0.818 bits per heavy atom. The summed E-state index contributed by atoms with van der Waals surface area (Å²) in [5, 5.41) is 0. The minimum atomic E-state index is 0.361. The summed E-state index contributed by atoms with van der Waals surface area (Å²) in [5.41, 5.74) is 0.361. The Labute approximate surface area is 70.2 Å². The van der Waals surface area contributed by atoms with Crippen LogP contribution in [0.1, 0.15) is 25.7 Å². The third-order valence-electron chi connectivity index (χ3n) is 3.07. The van der Waals surface area contributed by atoms with E-state index < -0.39 is 0 Å². The summed E-state index contributed by atoms with van der Waals surface area (Å²) in [6, 6.07) is 0.